The smallest absolute Gasteiger partial charge is 0.227 e. The topological polar surface area (TPSA) is 20.3 Å². The van der Waals surface area contributed by atoms with Crippen LogP contribution in [0.1, 0.15) is 62.0 Å². The summed E-state index contributed by atoms with van der Waals surface area (Å²) in [4.78, 5) is 13.6. The zero-order valence-corrected chi connectivity index (χ0v) is 13.7. The van der Waals surface area contributed by atoms with Gasteiger partial charge in [-0.3, -0.25) is 4.79 Å². The normalized spacial score (nSPS) is 22.2. The summed E-state index contributed by atoms with van der Waals surface area (Å²) in [7, 11) is 1.86. The average molecular weight is 306 g/mol. The SMILES string of the molecule is CCC1(C(Cl)c2ccc3c(c2)CCC(=O)N3C)CCCC1. The molecule has 1 aliphatic carbocycles. The van der Waals surface area contributed by atoms with Gasteiger partial charge in [0.15, 0.2) is 0 Å². The van der Waals surface area contributed by atoms with E-state index in [2.05, 4.69) is 25.1 Å². The van der Waals surface area contributed by atoms with Gasteiger partial charge in [-0.05, 0) is 48.3 Å². The molecule has 114 valence electrons. The number of nitrogens with zero attached hydrogens (tertiary/aromatic N) is 1. The minimum atomic E-state index is 0.0956. The third-order valence-corrected chi connectivity index (χ3v) is 6.30. The van der Waals surface area contributed by atoms with Gasteiger partial charge >= 0.3 is 0 Å². The predicted octanol–water partition coefficient (Wildman–Crippen LogP) is 4.85. The number of carbonyl (C=O) groups is 1. The van der Waals surface area contributed by atoms with Crippen molar-refractivity contribution in [1.29, 1.82) is 0 Å². The Kier molecular flexibility index (Phi) is 4.00. The van der Waals surface area contributed by atoms with E-state index in [1.165, 1.54) is 36.8 Å². The fraction of sp³-hybridized carbons (Fsp3) is 0.611. The van der Waals surface area contributed by atoms with Gasteiger partial charge in [-0.2, -0.15) is 0 Å². The van der Waals surface area contributed by atoms with Crippen LogP contribution in [0.5, 0.6) is 0 Å². The van der Waals surface area contributed by atoms with Crippen LogP contribution in [0.25, 0.3) is 0 Å². The van der Waals surface area contributed by atoms with Crippen LogP contribution in [-0.2, 0) is 11.2 Å². The molecule has 1 aliphatic heterocycles. The molecule has 3 heteroatoms. The van der Waals surface area contributed by atoms with Crippen molar-refractivity contribution >= 4 is 23.2 Å². The number of carbonyl (C=O) groups excluding carboxylic acids is 1. The van der Waals surface area contributed by atoms with Crippen LogP contribution >= 0.6 is 11.6 Å². The van der Waals surface area contributed by atoms with Gasteiger partial charge in [-0.1, -0.05) is 31.9 Å². The Bertz CT molecular complexity index is 548. The Labute approximate surface area is 132 Å². The third kappa shape index (κ3) is 2.48. The Morgan fingerprint density at radius 1 is 1.29 bits per heavy atom. The van der Waals surface area contributed by atoms with Crippen LogP contribution < -0.4 is 4.90 Å². The molecule has 0 bridgehead atoms. The number of hydrogen-bond donors (Lipinski definition) is 0. The first-order valence-electron chi connectivity index (χ1n) is 8.11. The molecule has 1 heterocycles. The monoisotopic (exact) mass is 305 g/mol. The lowest BCUT2D eigenvalue weighted by molar-refractivity contribution is -0.118. The van der Waals surface area contributed by atoms with Crippen molar-refractivity contribution in [3.63, 3.8) is 0 Å². The van der Waals surface area contributed by atoms with Gasteiger partial charge in [0.05, 0.1) is 5.38 Å². The fourth-order valence-corrected chi connectivity index (χ4v) is 4.56. The molecule has 1 fully saturated rings. The van der Waals surface area contributed by atoms with Crippen molar-refractivity contribution in [2.75, 3.05) is 11.9 Å². The molecule has 1 atom stereocenters. The zero-order chi connectivity index (χ0) is 15.0. The van der Waals surface area contributed by atoms with Crippen LogP contribution in [-0.4, -0.2) is 13.0 Å². The molecule has 1 saturated carbocycles. The maximum atomic E-state index is 11.8. The lowest BCUT2D eigenvalue weighted by atomic mass is 9.77. The summed E-state index contributed by atoms with van der Waals surface area (Å²) in [5, 5.41) is 0.0956. The summed E-state index contributed by atoms with van der Waals surface area (Å²) >= 11 is 6.90. The largest absolute Gasteiger partial charge is 0.315 e. The molecule has 1 amide bonds. The molecule has 3 rings (SSSR count). The number of hydrogen-bond acceptors (Lipinski definition) is 1. The molecule has 0 saturated heterocycles. The lowest BCUT2D eigenvalue weighted by Gasteiger charge is -2.34. The van der Waals surface area contributed by atoms with E-state index in [-0.39, 0.29) is 16.7 Å². The number of fused-ring (bicyclic) bond motifs is 1. The summed E-state index contributed by atoms with van der Waals surface area (Å²) in [6.45, 7) is 2.27. The van der Waals surface area contributed by atoms with Crippen LogP contribution in [0, 0.1) is 5.41 Å². The van der Waals surface area contributed by atoms with Crippen molar-refractivity contribution < 1.29 is 4.79 Å². The maximum Gasteiger partial charge on any atom is 0.227 e. The predicted molar refractivity (Wildman–Crippen MR) is 88.0 cm³/mol. The van der Waals surface area contributed by atoms with E-state index in [1.54, 1.807) is 4.90 Å². The highest BCUT2D eigenvalue weighted by atomic mass is 35.5. The van der Waals surface area contributed by atoms with Crippen molar-refractivity contribution in [1.82, 2.24) is 0 Å². The molecule has 0 aromatic heterocycles. The summed E-state index contributed by atoms with van der Waals surface area (Å²) < 4.78 is 0. The van der Waals surface area contributed by atoms with E-state index in [0.717, 1.165) is 18.5 Å². The second-order valence-corrected chi connectivity index (χ2v) is 7.06. The van der Waals surface area contributed by atoms with Crippen molar-refractivity contribution in [2.45, 2.75) is 57.2 Å². The number of rotatable bonds is 3. The Morgan fingerprint density at radius 2 is 2.00 bits per heavy atom. The number of halogens is 1. The van der Waals surface area contributed by atoms with Gasteiger partial charge < -0.3 is 4.90 Å². The van der Waals surface area contributed by atoms with Gasteiger partial charge in [0.25, 0.3) is 0 Å². The second kappa shape index (κ2) is 5.64. The Morgan fingerprint density at radius 3 is 2.67 bits per heavy atom. The van der Waals surface area contributed by atoms with Crippen molar-refractivity contribution in [3.05, 3.63) is 29.3 Å². The van der Waals surface area contributed by atoms with E-state index in [9.17, 15) is 4.79 Å². The molecule has 0 radical (unpaired) electrons. The maximum absolute atomic E-state index is 11.8. The first-order chi connectivity index (χ1) is 10.1. The highest BCUT2D eigenvalue weighted by Gasteiger charge is 2.39. The first kappa shape index (κ1) is 14.9. The molecule has 1 unspecified atom stereocenters. The molecule has 0 spiro atoms. The van der Waals surface area contributed by atoms with Crippen molar-refractivity contribution in [2.24, 2.45) is 5.41 Å². The van der Waals surface area contributed by atoms with Crippen LogP contribution in [0.3, 0.4) is 0 Å². The number of aryl methyl sites for hydroxylation is 1. The number of benzene rings is 1. The standard InChI is InChI=1S/C18H24ClNO/c1-3-18(10-4-5-11-18)17(19)14-6-8-15-13(12-14)7-9-16(21)20(15)2/h6,8,12,17H,3-5,7,9-11H2,1-2H3. The molecule has 2 aliphatic rings. The molecule has 21 heavy (non-hydrogen) atoms. The molecular weight excluding hydrogens is 282 g/mol. The molecule has 1 aromatic carbocycles. The Hall–Kier alpha value is -1.02. The van der Waals surface area contributed by atoms with E-state index >= 15 is 0 Å². The van der Waals surface area contributed by atoms with E-state index in [0.29, 0.717) is 6.42 Å². The van der Waals surface area contributed by atoms with Gasteiger partial charge in [-0.15, -0.1) is 11.6 Å². The van der Waals surface area contributed by atoms with Crippen LogP contribution in [0.2, 0.25) is 0 Å². The van der Waals surface area contributed by atoms with Gasteiger partial charge in [0.1, 0.15) is 0 Å². The van der Waals surface area contributed by atoms with E-state index in [1.807, 2.05) is 7.05 Å². The first-order valence-corrected chi connectivity index (χ1v) is 8.54. The van der Waals surface area contributed by atoms with Gasteiger partial charge in [-0.25, -0.2) is 0 Å². The fourth-order valence-electron chi connectivity index (χ4n) is 4.05. The highest BCUT2D eigenvalue weighted by Crippen LogP contribution is 2.53. The van der Waals surface area contributed by atoms with E-state index in [4.69, 9.17) is 11.6 Å². The zero-order valence-electron chi connectivity index (χ0n) is 13.0. The molecule has 2 nitrogen and oxygen atoms in total. The summed E-state index contributed by atoms with van der Waals surface area (Å²) in [6.07, 6.45) is 7.70. The number of alkyl halides is 1. The average Bonchev–Trinajstić information content (AvgIpc) is 3.00. The van der Waals surface area contributed by atoms with Crippen LogP contribution in [0.15, 0.2) is 18.2 Å². The summed E-state index contributed by atoms with van der Waals surface area (Å²) in [5.41, 5.74) is 3.83. The summed E-state index contributed by atoms with van der Waals surface area (Å²) in [5.74, 6) is 0.207. The van der Waals surface area contributed by atoms with Gasteiger partial charge in [0.2, 0.25) is 5.91 Å². The molecule has 1 aromatic rings. The second-order valence-electron chi connectivity index (χ2n) is 6.63. The highest BCUT2D eigenvalue weighted by molar-refractivity contribution is 6.21. The minimum Gasteiger partial charge on any atom is -0.315 e. The van der Waals surface area contributed by atoms with E-state index < -0.39 is 0 Å². The molecule has 0 N–H and O–H groups in total. The minimum absolute atomic E-state index is 0.0956. The lowest BCUT2D eigenvalue weighted by Crippen LogP contribution is -2.31. The van der Waals surface area contributed by atoms with Crippen molar-refractivity contribution in [3.8, 4) is 0 Å². The molecular formula is C18H24ClNO. The number of amides is 1. The quantitative estimate of drug-likeness (QED) is 0.731. The Balaban J connectivity index is 1.92. The van der Waals surface area contributed by atoms with Gasteiger partial charge in [0, 0.05) is 19.2 Å². The number of anilines is 1. The third-order valence-electron chi connectivity index (χ3n) is 5.58. The van der Waals surface area contributed by atoms with Crippen LogP contribution in [0.4, 0.5) is 5.69 Å². The summed E-state index contributed by atoms with van der Waals surface area (Å²) in [6, 6.07) is 6.45.